The number of rotatable bonds is 6. The fourth-order valence-electron chi connectivity index (χ4n) is 5.30. The summed E-state index contributed by atoms with van der Waals surface area (Å²) in [5.74, 6) is 0.727. The third-order valence-corrected chi connectivity index (χ3v) is 7.61. The van der Waals surface area contributed by atoms with Gasteiger partial charge in [-0.1, -0.05) is 5.21 Å². The number of ether oxygens (including phenoxy) is 1. The first kappa shape index (κ1) is 23.4. The van der Waals surface area contributed by atoms with Gasteiger partial charge in [-0.15, -0.1) is 5.10 Å². The molecule has 3 saturated heterocycles. The lowest BCUT2D eigenvalue weighted by Crippen LogP contribution is -2.61. The number of piperazine rings is 1. The molecule has 198 valence electrons. The second kappa shape index (κ2) is 9.85. The van der Waals surface area contributed by atoms with Crippen LogP contribution >= 0.6 is 0 Å². The maximum absolute atomic E-state index is 6.05. The summed E-state index contributed by atoms with van der Waals surface area (Å²) in [6, 6.07) is 0.705. The van der Waals surface area contributed by atoms with Crippen LogP contribution in [0.25, 0.3) is 22.6 Å². The number of fused-ring (bicyclic) bond motifs is 1. The summed E-state index contributed by atoms with van der Waals surface area (Å²) in [6.45, 7) is 8.96. The van der Waals surface area contributed by atoms with Gasteiger partial charge in [0.15, 0.2) is 5.65 Å². The van der Waals surface area contributed by atoms with Gasteiger partial charge in [0.1, 0.15) is 0 Å². The van der Waals surface area contributed by atoms with Crippen molar-refractivity contribution in [1.82, 2.24) is 54.9 Å². The van der Waals surface area contributed by atoms with E-state index < -0.39 is 0 Å². The van der Waals surface area contributed by atoms with Crippen LogP contribution in [0, 0.1) is 0 Å². The molecule has 38 heavy (non-hydrogen) atoms. The minimum absolute atomic E-state index is 0.0919. The van der Waals surface area contributed by atoms with Gasteiger partial charge in [0, 0.05) is 77.2 Å². The van der Waals surface area contributed by atoms with Gasteiger partial charge in [-0.05, 0) is 0 Å². The van der Waals surface area contributed by atoms with Crippen molar-refractivity contribution < 1.29 is 4.74 Å². The second-order valence-corrected chi connectivity index (χ2v) is 10.1. The third kappa shape index (κ3) is 4.54. The summed E-state index contributed by atoms with van der Waals surface area (Å²) in [7, 11) is 1.87. The Morgan fingerprint density at radius 1 is 0.974 bits per heavy atom. The minimum Gasteiger partial charge on any atom is -0.373 e. The number of morpholine rings is 1. The second-order valence-electron chi connectivity index (χ2n) is 10.1. The summed E-state index contributed by atoms with van der Waals surface area (Å²) in [5.41, 5.74) is 3.83. The van der Waals surface area contributed by atoms with Crippen LogP contribution in [0.2, 0.25) is 0 Å². The van der Waals surface area contributed by atoms with Crippen LogP contribution in [0.15, 0.2) is 31.0 Å². The number of aromatic nitrogens is 9. The summed E-state index contributed by atoms with van der Waals surface area (Å²) < 4.78 is 9.54. The standard InChI is InChI=1S/C24H31N13O/c1-33-14-17(8-29-33)21-13-26-23-22(30-21)31-32-37(23)16-20-15-36(6-7-38-20)24-27-11-19(12-28-24)35-4-2-34(3-5-35)18-9-25-10-18/h8,11-14,18,20,25H,2-7,9-10,15-16H2,1H3/t20-/m0/s1. The number of anilines is 2. The van der Waals surface area contributed by atoms with Crippen LogP contribution in [0.5, 0.6) is 0 Å². The van der Waals surface area contributed by atoms with E-state index in [0.717, 1.165) is 68.7 Å². The zero-order chi connectivity index (χ0) is 25.5. The summed E-state index contributed by atoms with van der Waals surface area (Å²) in [5, 5.41) is 16.1. The van der Waals surface area contributed by atoms with Crippen molar-refractivity contribution in [2.45, 2.75) is 18.7 Å². The van der Waals surface area contributed by atoms with Gasteiger partial charge in [-0.3, -0.25) is 9.58 Å². The summed E-state index contributed by atoms with van der Waals surface area (Å²) in [4.78, 5) is 25.7. The molecule has 1 N–H and O–H groups in total. The molecule has 14 heteroatoms. The highest BCUT2D eigenvalue weighted by molar-refractivity contribution is 5.69. The molecule has 7 rings (SSSR count). The number of nitrogens with one attached hydrogen (secondary N) is 1. The highest BCUT2D eigenvalue weighted by Gasteiger charge is 2.28. The van der Waals surface area contributed by atoms with Crippen molar-refractivity contribution in [2.24, 2.45) is 7.05 Å². The molecule has 0 amide bonds. The van der Waals surface area contributed by atoms with E-state index in [4.69, 9.17) is 14.7 Å². The first-order valence-corrected chi connectivity index (χ1v) is 13.1. The van der Waals surface area contributed by atoms with E-state index in [2.05, 4.69) is 45.4 Å². The van der Waals surface area contributed by atoms with Gasteiger partial charge in [0.25, 0.3) is 0 Å². The maximum atomic E-state index is 6.05. The Balaban J connectivity index is 0.984. The largest absolute Gasteiger partial charge is 0.373 e. The van der Waals surface area contributed by atoms with E-state index >= 15 is 0 Å². The molecule has 0 bridgehead atoms. The smallest absolute Gasteiger partial charge is 0.225 e. The molecule has 3 fully saturated rings. The lowest BCUT2D eigenvalue weighted by molar-refractivity contribution is 0.0273. The molecule has 4 aromatic rings. The molecular weight excluding hydrogens is 486 g/mol. The van der Waals surface area contributed by atoms with E-state index in [9.17, 15) is 0 Å². The number of hydrogen-bond donors (Lipinski definition) is 1. The first-order valence-electron chi connectivity index (χ1n) is 13.1. The Morgan fingerprint density at radius 2 is 1.82 bits per heavy atom. The third-order valence-electron chi connectivity index (χ3n) is 7.61. The summed E-state index contributed by atoms with van der Waals surface area (Å²) >= 11 is 0. The van der Waals surface area contributed by atoms with Gasteiger partial charge in [0.2, 0.25) is 11.6 Å². The normalized spacial score (nSPS) is 21.2. The summed E-state index contributed by atoms with van der Waals surface area (Å²) in [6.07, 6.45) is 9.20. The van der Waals surface area contributed by atoms with E-state index in [1.165, 1.54) is 0 Å². The Bertz CT molecular complexity index is 1390. The van der Waals surface area contributed by atoms with Crippen molar-refractivity contribution >= 4 is 22.9 Å². The van der Waals surface area contributed by atoms with Crippen molar-refractivity contribution in [2.75, 3.05) is 68.8 Å². The first-order chi connectivity index (χ1) is 18.7. The fourth-order valence-corrected chi connectivity index (χ4v) is 5.30. The van der Waals surface area contributed by atoms with Gasteiger partial charge < -0.3 is 19.9 Å². The molecule has 1 atom stereocenters. The molecule has 4 aromatic heterocycles. The molecule has 3 aliphatic heterocycles. The predicted molar refractivity (Wildman–Crippen MR) is 140 cm³/mol. The molecule has 0 spiro atoms. The number of aryl methyl sites for hydroxylation is 1. The molecule has 14 nitrogen and oxygen atoms in total. The van der Waals surface area contributed by atoms with Crippen LogP contribution in [0.4, 0.5) is 11.6 Å². The molecular formula is C24H31N13O. The predicted octanol–water partition coefficient (Wildman–Crippen LogP) is -0.589. The van der Waals surface area contributed by atoms with Crippen LogP contribution in [-0.4, -0.2) is 121 Å². The lowest BCUT2D eigenvalue weighted by atomic mass is 10.1. The quantitative estimate of drug-likeness (QED) is 0.351. The Labute approximate surface area is 219 Å². The molecule has 3 aliphatic rings. The van der Waals surface area contributed by atoms with Gasteiger partial charge in [-0.25, -0.2) is 24.6 Å². The van der Waals surface area contributed by atoms with Gasteiger partial charge in [-0.2, -0.15) is 5.10 Å². The van der Waals surface area contributed by atoms with Crippen molar-refractivity contribution in [3.8, 4) is 11.3 Å². The van der Waals surface area contributed by atoms with Gasteiger partial charge in [0.05, 0.1) is 55.4 Å². The van der Waals surface area contributed by atoms with Crippen molar-refractivity contribution in [1.29, 1.82) is 0 Å². The average Bonchev–Trinajstić information content (AvgIpc) is 3.54. The van der Waals surface area contributed by atoms with Crippen LogP contribution < -0.4 is 15.1 Å². The lowest BCUT2D eigenvalue weighted by Gasteiger charge is -2.43. The fraction of sp³-hybridized carbons (Fsp3) is 0.542. The van der Waals surface area contributed by atoms with E-state index in [0.29, 0.717) is 37.0 Å². The Hall–Kier alpha value is -3.75. The van der Waals surface area contributed by atoms with E-state index in [-0.39, 0.29) is 6.10 Å². The number of hydrogen-bond acceptors (Lipinski definition) is 12. The molecule has 0 aromatic carbocycles. The molecule has 0 aliphatic carbocycles. The monoisotopic (exact) mass is 517 g/mol. The molecule has 7 heterocycles. The van der Waals surface area contributed by atoms with E-state index in [1.807, 2.05) is 25.6 Å². The van der Waals surface area contributed by atoms with E-state index in [1.54, 1.807) is 21.8 Å². The SMILES string of the molecule is Cn1cc(-c2cnc3c(nnn3C[C@@H]3CN(c4ncc(N5CCN(C6CNC6)CC5)cn4)CCO3)n2)cn1. The van der Waals surface area contributed by atoms with Crippen LogP contribution in [-0.2, 0) is 18.3 Å². The highest BCUT2D eigenvalue weighted by Crippen LogP contribution is 2.21. The highest BCUT2D eigenvalue weighted by atomic mass is 16.5. The zero-order valence-corrected chi connectivity index (χ0v) is 21.4. The Morgan fingerprint density at radius 3 is 2.55 bits per heavy atom. The van der Waals surface area contributed by atoms with Crippen molar-refractivity contribution in [3.63, 3.8) is 0 Å². The Kier molecular flexibility index (Phi) is 6.06. The van der Waals surface area contributed by atoms with Crippen LogP contribution in [0.1, 0.15) is 0 Å². The topological polar surface area (TPSA) is 131 Å². The average molecular weight is 518 g/mol. The maximum Gasteiger partial charge on any atom is 0.225 e. The van der Waals surface area contributed by atoms with Gasteiger partial charge >= 0.3 is 0 Å². The molecule has 0 unspecified atom stereocenters. The molecule has 0 saturated carbocycles. The number of nitrogens with zero attached hydrogens (tertiary/aromatic N) is 12. The van der Waals surface area contributed by atoms with Crippen molar-refractivity contribution in [3.05, 3.63) is 31.0 Å². The molecule has 0 radical (unpaired) electrons. The zero-order valence-electron chi connectivity index (χ0n) is 21.4. The minimum atomic E-state index is -0.0919. The van der Waals surface area contributed by atoms with Crippen LogP contribution in [0.3, 0.4) is 0 Å².